The van der Waals surface area contributed by atoms with Crippen LogP contribution in [0.4, 0.5) is 0 Å². The van der Waals surface area contributed by atoms with E-state index in [1.807, 2.05) is 18.2 Å². The van der Waals surface area contributed by atoms with Gasteiger partial charge in [-0.15, -0.1) is 5.10 Å². The van der Waals surface area contributed by atoms with Crippen LogP contribution >= 0.6 is 0 Å². The Morgan fingerprint density at radius 3 is 2.67 bits per heavy atom. The maximum atomic E-state index is 11.9. The van der Waals surface area contributed by atoms with E-state index >= 15 is 0 Å². The minimum Gasteiger partial charge on any atom is -0.481 e. The summed E-state index contributed by atoms with van der Waals surface area (Å²) in [5, 5.41) is 19.1. The smallest absolute Gasteiger partial charge is 0.305 e. The molecule has 0 saturated carbocycles. The van der Waals surface area contributed by atoms with Crippen LogP contribution in [0.2, 0.25) is 0 Å². The monoisotopic (exact) mass is 288 g/mol. The van der Waals surface area contributed by atoms with Crippen molar-refractivity contribution < 1.29 is 14.7 Å². The SMILES string of the molecule is O=C(O)CC(NC(=O)CCn1ccnn1)c1ccccc1. The number of nitrogens with one attached hydrogen (secondary N) is 1. The molecule has 0 radical (unpaired) electrons. The van der Waals surface area contributed by atoms with Crippen LogP contribution < -0.4 is 5.32 Å². The Balaban J connectivity index is 1.94. The predicted molar refractivity (Wildman–Crippen MR) is 74.2 cm³/mol. The van der Waals surface area contributed by atoms with Crippen LogP contribution in [0.25, 0.3) is 0 Å². The number of benzene rings is 1. The molecule has 1 aromatic heterocycles. The first-order valence-electron chi connectivity index (χ1n) is 6.55. The van der Waals surface area contributed by atoms with Crippen molar-refractivity contribution in [1.82, 2.24) is 20.3 Å². The van der Waals surface area contributed by atoms with Gasteiger partial charge in [-0.3, -0.25) is 14.3 Å². The summed E-state index contributed by atoms with van der Waals surface area (Å²) in [5.74, 6) is -1.18. The molecule has 0 aliphatic carbocycles. The lowest BCUT2D eigenvalue weighted by Gasteiger charge is -2.17. The molecule has 110 valence electrons. The predicted octanol–water partition coefficient (Wildman–Crippen LogP) is 1.00. The van der Waals surface area contributed by atoms with Crippen molar-refractivity contribution in [2.75, 3.05) is 0 Å². The zero-order chi connectivity index (χ0) is 15.1. The van der Waals surface area contributed by atoms with Gasteiger partial charge in [0.25, 0.3) is 0 Å². The summed E-state index contributed by atoms with van der Waals surface area (Å²) in [4.78, 5) is 22.9. The van der Waals surface area contributed by atoms with E-state index < -0.39 is 12.0 Å². The van der Waals surface area contributed by atoms with Gasteiger partial charge in [-0.05, 0) is 5.56 Å². The lowest BCUT2D eigenvalue weighted by atomic mass is 10.0. The number of rotatable bonds is 7. The molecule has 1 aromatic carbocycles. The molecule has 0 fully saturated rings. The van der Waals surface area contributed by atoms with Crippen LogP contribution in [0.1, 0.15) is 24.4 Å². The fraction of sp³-hybridized carbons (Fsp3) is 0.286. The van der Waals surface area contributed by atoms with E-state index in [0.717, 1.165) is 5.56 Å². The molecule has 0 bridgehead atoms. The van der Waals surface area contributed by atoms with Crippen molar-refractivity contribution in [2.45, 2.75) is 25.4 Å². The highest BCUT2D eigenvalue weighted by atomic mass is 16.4. The number of aromatic nitrogens is 3. The average molecular weight is 288 g/mol. The summed E-state index contributed by atoms with van der Waals surface area (Å²) < 4.78 is 1.55. The van der Waals surface area contributed by atoms with E-state index in [4.69, 9.17) is 5.11 Å². The molecule has 1 atom stereocenters. The maximum Gasteiger partial charge on any atom is 0.305 e. The summed E-state index contributed by atoms with van der Waals surface area (Å²) in [6, 6.07) is 8.52. The lowest BCUT2D eigenvalue weighted by molar-refractivity contribution is -0.137. The van der Waals surface area contributed by atoms with Crippen LogP contribution in [0.15, 0.2) is 42.7 Å². The van der Waals surface area contributed by atoms with Crippen molar-refractivity contribution >= 4 is 11.9 Å². The van der Waals surface area contributed by atoms with Gasteiger partial charge in [0, 0.05) is 12.6 Å². The Morgan fingerprint density at radius 1 is 1.29 bits per heavy atom. The van der Waals surface area contributed by atoms with E-state index in [1.165, 1.54) is 6.20 Å². The van der Waals surface area contributed by atoms with Crippen LogP contribution in [-0.4, -0.2) is 32.0 Å². The number of aryl methyl sites for hydroxylation is 1. The van der Waals surface area contributed by atoms with Gasteiger partial charge in [-0.1, -0.05) is 35.5 Å². The number of hydrogen-bond donors (Lipinski definition) is 2. The number of nitrogens with zero attached hydrogens (tertiary/aromatic N) is 3. The number of carbonyl (C=O) groups excluding carboxylic acids is 1. The molecule has 0 aliphatic rings. The van der Waals surface area contributed by atoms with Gasteiger partial charge in [0.05, 0.1) is 25.2 Å². The molecule has 2 aromatic rings. The van der Waals surface area contributed by atoms with Crippen LogP contribution in [-0.2, 0) is 16.1 Å². The van der Waals surface area contributed by atoms with Crippen molar-refractivity contribution in [1.29, 1.82) is 0 Å². The fourth-order valence-electron chi connectivity index (χ4n) is 1.95. The molecule has 7 nitrogen and oxygen atoms in total. The highest BCUT2D eigenvalue weighted by Crippen LogP contribution is 2.16. The van der Waals surface area contributed by atoms with Gasteiger partial charge in [-0.2, -0.15) is 0 Å². The highest BCUT2D eigenvalue weighted by Gasteiger charge is 2.17. The molecular weight excluding hydrogens is 272 g/mol. The summed E-state index contributed by atoms with van der Waals surface area (Å²) in [6.45, 7) is 0.403. The zero-order valence-electron chi connectivity index (χ0n) is 11.3. The molecule has 1 unspecified atom stereocenters. The van der Waals surface area contributed by atoms with Gasteiger partial charge in [0.1, 0.15) is 0 Å². The third-order valence-electron chi connectivity index (χ3n) is 2.96. The Hall–Kier alpha value is -2.70. The maximum absolute atomic E-state index is 11.9. The standard InChI is InChI=1S/C14H16N4O3/c19-13(6-8-18-9-7-15-17-18)16-12(10-14(20)21)11-4-2-1-3-5-11/h1-5,7,9,12H,6,8,10H2,(H,16,19)(H,20,21). The molecule has 21 heavy (non-hydrogen) atoms. The van der Waals surface area contributed by atoms with E-state index in [9.17, 15) is 9.59 Å². The van der Waals surface area contributed by atoms with Gasteiger partial charge >= 0.3 is 5.97 Å². The van der Waals surface area contributed by atoms with E-state index in [-0.39, 0.29) is 18.7 Å². The summed E-state index contributed by atoms with van der Waals surface area (Å²) >= 11 is 0. The van der Waals surface area contributed by atoms with Gasteiger partial charge in [-0.25, -0.2) is 0 Å². The summed E-state index contributed by atoms with van der Waals surface area (Å²) in [6.07, 6.45) is 3.26. The lowest BCUT2D eigenvalue weighted by Crippen LogP contribution is -2.30. The number of aliphatic carboxylic acids is 1. The minimum atomic E-state index is -0.958. The van der Waals surface area contributed by atoms with Crippen LogP contribution in [0.5, 0.6) is 0 Å². The third-order valence-corrected chi connectivity index (χ3v) is 2.96. The van der Waals surface area contributed by atoms with Crippen molar-refractivity contribution in [3.05, 3.63) is 48.3 Å². The molecule has 2 rings (SSSR count). The second-order valence-electron chi connectivity index (χ2n) is 4.54. The number of carboxylic acids is 1. The largest absolute Gasteiger partial charge is 0.481 e. The van der Waals surface area contributed by atoms with Crippen molar-refractivity contribution in [3.8, 4) is 0 Å². The number of amides is 1. The van der Waals surface area contributed by atoms with Crippen LogP contribution in [0.3, 0.4) is 0 Å². The first-order chi connectivity index (χ1) is 10.1. The van der Waals surface area contributed by atoms with Crippen LogP contribution in [0, 0.1) is 0 Å². The molecule has 7 heteroatoms. The normalized spacial score (nSPS) is 11.8. The topological polar surface area (TPSA) is 97.1 Å². The number of carbonyl (C=O) groups is 2. The molecule has 0 saturated heterocycles. The second-order valence-corrected chi connectivity index (χ2v) is 4.54. The van der Waals surface area contributed by atoms with E-state index in [2.05, 4.69) is 15.6 Å². The van der Waals surface area contributed by atoms with E-state index in [1.54, 1.807) is 23.0 Å². The van der Waals surface area contributed by atoms with Crippen molar-refractivity contribution in [3.63, 3.8) is 0 Å². The number of hydrogen-bond acceptors (Lipinski definition) is 4. The third kappa shape index (κ3) is 4.72. The number of carboxylic acid groups (broad SMARTS) is 1. The summed E-state index contributed by atoms with van der Waals surface area (Å²) in [7, 11) is 0. The quantitative estimate of drug-likeness (QED) is 0.792. The molecular formula is C14H16N4O3. The van der Waals surface area contributed by atoms with E-state index in [0.29, 0.717) is 6.54 Å². The Kier molecular flexibility index (Phi) is 5.03. The van der Waals surface area contributed by atoms with Gasteiger partial charge < -0.3 is 10.4 Å². The zero-order valence-corrected chi connectivity index (χ0v) is 11.3. The molecule has 1 amide bonds. The first-order valence-corrected chi connectivity index (χ1v) is 6.55. The second kappa shape index (κ2) is 7.18. The highest BCUT2D eigenvalue weighted by molar-refractivity contribution is 5.77. The first kappa shape index (κ1) is 14.7. The Bertz CT molecular complexity index is 584. The fourth-order valence-corrected chi connectivity index (χ4v) is 1.95. The Labute approximate surface area is 121 Å². The average Bonchev–Trinajstić information content (AvgIpc) is 2.98. The summed E-state index contributed by atoms with van der Waals surface area (Å²) in [5.41, 5.74) is 0.772. The molecule has 0 spiro atoms. The van der Waals surface area contributed by atoms with Gasteiger partial charge in [0.15, 0.2) is 0 Å². The Morgan fingerprint density at radius 2 is 2.05 bits per heavy atom. The molecule has 2 N–H and O–H groups in total. The molecule has 0 aliphatic heterocycles. The van der Waals surface area contributed by atoms with Crippen molar-refractivity contribution in [2.24, 2.45) is 0 Å². The minimum absolute atomic E-state index is 0.154. The molecule has 1 heterocycles. The van der Waals surface area contributed by atoms with Gasteiger partial charge in [0.2, 0.25) is 5.91 Å².